The second-order valence-corrected chi connectivity index (χ2v) is 5.27. The Labute approximate surface area is 112 Å². The lowest BCUT2D eigenvalue weighted by Crippen LogP contribution is -2.34. The van der Waals surface area contributed by atoms with Crippen LogP contribution in [-0.2, 0) is 4.74 Å². The van der Waals surface area contributed by atoms with Crippen molar-refractivity contribution in [1.82, 2.24) is 5.32 Å². The first-order chi connectivity index (χ1) is 8.73. The molecule has 0 heterocycles. The van der Waals surface area contributed by atoms with Crippen LogP contribution in [0.4, 0.5) is 9.18 Å². The maximum Gasteiger partial charge on any atom is 0.408 e. The van der Waals surface area contributed by atoms with Gasteiger partial charge in [-0.05, 0) is 45.9 Å². The molecule has 0 radical (unpaired) electrons. The summed E-state index contributed by atoms with van der Waals surface area (Å²) in [5, 5.41) is 2.53. The highest BCUT2D eigenvalue weighted by Crippen LogP contribution is 2.18. The van der Waals surface area contributed by atoms with E-state index in [0.717, 1.165) is 0 Å². The molecule has 1 amide bonds. The molecule has 5 heteroatoms. The van der Waals surface area contributed by atoms with E-state index < -0.39 is 23.6 Å². The summed E-state index contributed by atoms with van der Waals surface area (Å²) in [6, 6.07) is 3.40. The summed E-state index contributed by atoms with van der Waals surface area (Å²) < 4.78 is 18.7. The Bertz CT molecular complexity index is 480. The number of amides is 1. The minimum Gasteiger partial charge on any atom is -0.444 e. The smallest absolute Gasteiger partial charge is 0.408 e. The predicted octanol–water partition coefficient (Wildman–Crippen LogP) is 3.22. The van der Waals surface area contributed by atoms with Gasteiger partial charge in [0.1, 0.15) is 17.7 Å². The molecule has 0 saturated heterocycles. The summed E-state index contributed by atoms with van der Waals surface area (Å²) in [6.07, 6.45) is -0.000680. The van der Waals surface area contributed by atoms with Crippen molar-refractivity contribution >= 4 is 12.4 Å². The molecule has 0 fully saturated rings. The number of carbonyl (C=O) groups is 2. The maximum absolute atomic E-state index is 13.6. The zero-order chi connectivity index (χ0) is 14.6. The van der Waals surface area contributed by atoms with Gasteiger partial charge in [-0.3, -0.25) is 4.79 Å². The van der Waals surface area contributed by atoms with Crippen LogP contribution in [0.25, 0.3) is 0 Å². The lowest BCUT2D eigenvalue weighted by atomic mass is 10.1. The molecule has 0 aromatic heterocycles. The Hall–Kier alpha value is -1.91. The maximum atomic E-state index is 13.6. The normalized spacial score (nSPS) is 12.7. The van der Waals surface area contributed by atoms with Crippen LogP contribution in [0.5, 0.6) is 0 Å². The molecule has 0 aliphatic carbocycles. The Kier molecular flexibility index (Phi) is 4.64. The average molecular weight is 267 g/mol. The summed E-state index contributed by atoms with van der Waals surface area (Å²) in [7, 11) is 0. The molecule has 0 bridgehead atoms. The van der Waals surface area contributed by atoms with E-state index in [1.165, 1.54) is 18.2 Å². The third kappa shape index (κ3) is 4.69. The molecular formula is C14H18FNO3. The van der Waals surface area contributed by atoms with Gasteiger partial charge in [0.05, 0.1) is 6.04 Å². The SMILES string of the molecule is CC(NC(=O)OC(C)(C)C)c1cc(C=O)ccc1F. The number of carbonyl (C=O) groups excluding carboxylic acids is 2. The summed E-state index contributed by atoms with van der Waals surface area (Å²) in [6.45, 7) is 6.84. The Morgan fingerprint density at radius 1 is 1.42 bits per heavy atom. The van der Waals surface area contributed by atoms with Gasteiger partial charge in [-0.2, -0.15) is 0 Å². The summed E-state index contributed by atoms with van der Waals surface area (Å²) in [4.78, 5) is 22.3. The number of ether oxygens (including phenoxy) is 1. The minimum atomic E-state index is -0.629. The third-order valence-corrected chi connectivity index (χ3v) is 2.36. The fourth-order valence-corrected chi connectivity index (χ4v) is 1.53. The first-order valence-electron chi connectivity index (χ1n) is 5.97. The van der Waals surface area contributed by atoms with E-state index in [-0.39, 0.29) is 5.56 Å². The summed E-state index contributed by atoms with van der Waals surface area (Å²) >= 11 is 0. The molecule has 4 nitrogen and oxygen atoms in total. The lowest BCUT2D eigenvalue weighted by molar-refractivity contribution is 0.0507. The third-order valence-electron chi connectivity index (χ3n) is 2.36. The number of halogens is 1. The predicted molar refractivity (Wildman–Crippen MR) is 69.6 cm³/mol. The monoisotopic (exact) mass is 267 g/mol. The van der Waals surface area contributed by atoms with Crippen molar-refractivity contribution in [2.45, 2.75) is 39.3 Å². The van der Waals surface area contributed by atoms with Gasteiger partial charge in [0.25, 0.3) is 0 Å². The van der Waals surface area contributed by atoms with Crippen LogP contribution < -0.4 is 5.32 Å². The van der Waals surface area contributed by atoms with E-state index in [1.807, 2.05) is 0 Å². The van der Waals surface area contributed by atoms with E-state index in [2.05, 4.69) is 5.32 Å². The Morgan fingerprint density at radius 3 is 2.58 bits per heavy atom. The Morgan fingerprint density at radius 2 is 2.05 bits per heavy atom. The fraction of sp³-hybridized carbons (Fsp3) is 0.429. The number of nitrogens with one attached hydrogen (secondary N) is 1. The van der Waals surface area contributed by atoms with Crippen LogP contribution in [0.3, 0.4) is 0 Å². The molecule has 104 valence electrons. The molecule has 0 aliphatic rings. The van der Waals surface area contributed by atoms with Crippen molar-refractivity contribution in [3.63, 3.8) is 0 Å². The second-order valence-electron chi connectivity index (χ2n) is 5.27. The van der Waals surface area contributed by atoms with Gasteiger partial charge in [-0.25, -0.2) is 9.18 Å². The van der Waals surface area contributed by atoms with Crippen LogP contribution in [0.1, 0.15) is 49.7 Å². The molecule has 1 aromatic rings. The fourth-order valence-electron chi connectivity index (χ4n) is 1.53. The first-order valence-corrected chi connectivity index (χ1v) is 5.97. The molecule has 0 spiro atoms. The molecule has 1 unspecified atom stereocenters. The highest BCUT2D eigenvalue weighted by molar-refractivity contribution is 5.75. The largest absolute Gasteiger partial charge is 0.444 e. The van der Waals surface area contributed by atoms with Gasteiger partial charge < -0.3 is 10.1 Å². The van der Waals surface area contributed by atoms with Gasteiger partial charge in [-0.15, -0.1) is 0 Å². The van der Waals surface area contributed by atoms with Crippen molar-refractivity contribution in [3.8, 4) is 0 Å². The van der Waals surface area contributed by atoms with Crippen molar-refractivity contribution in [2.24, 2.45) is 0 Å². The van der Waals surface area contributed by atoms with Crippen molar-refractivity contribution < 1.29 is 18.7 Å². The Balaban J connectivity index is 2.80. The first kappa shape index (κ1) is 15.1. The number of alkyl carbamates (subject to hydrolysis) is 1. The average Bonchev–Trinajstić information content (AvgIpc) is 2.26. The summed E-state index contributed by atoms with van der Waals surface area (Å²) in [5.74, 6) is -0.478. The molecule has 1 N–H and O–H groups in total. The number of benzene rings is 1. The molecular weight excluding hydrogens is 249 g/mol. The number of hydrogen-bond donors (Lipinski definition) is 1. The molecule has 0 aliphatic heterocycles. The summed E-state index contributed by atoms with van der Waals surface area (Å²) in [5.41, 5.74) is -0.0165. The van der Waals surface area contributed by atoms with Crippen molar-refractivity contribution in [1.29, 1.82) is 0 Å². The number of hydrogen-bond acceptors (Lipinski definition) is 3. The van der Waals surface area contributed by atoms with Gasteiger partial charge in [-0.1, -0.05) is 0 Å². The zero-order valence-corrected chi connectivity index (χ0v) is 11.5. The van der Waals surface area contributed by atoms with Crippen LogP contribution in [0.2, 0.25) is 0 Å². The van der Waals surface area contributed by atoms with Gasteiger partial charge >= 0.3 is 6.09 Å². The molecule has 0 saturated carbocycles. The highest BCUT2D eigenvalue weighted by Gasteiger charge is 2.19. The van der Waals surface area contributed by atoms with E-state index in [1.54, 1.807) is 27.7 Å². The number of rotatable bonds is 3. The topological polar surface area (TPSA) is 55.4 Å². The molecule has 1 atom stereocenters. The van der Waals surface area contributed by atoms with Crippen molar-refractivity contribution in [2.75, 3.05) is 0 Å². The lowest BCUT2D eigenvalue weighted by Gasteiger charge is -2.22. The molecule has 19 heavy (non-hydrogen) atoms. The van der Waals surface area contributed by atoms with Crippen LogP contribution >= 0.6 is 0 Å². The highest BCUT2D eigenvalue weighted by atomic mass is 19.1. The number of aldehydes is 1. The van der Waals surface area contributed by atoms with Crippen LogP contribution in [0, 0.1) is 5.82 Å². The van der Waals surface area contributed by atoms with Gasteiger partial charge in [0, 0.05) is 11.1 Å². The van der Waals surface area contributed by atoms with Crippen LogP contribution in [-0.4, -0.2) is 18.0 Å². The zero-order valence-electron chi connectivity index (χ0n) is 11.5. The molecule has 1 aromatic carbocycles. The molecule has 1 rings (SSSR count). The van der Waals surface area contributed by atoms with Crippen molar-refractivity contribution in [3.05, 3.63) is 35.1 Å². The van der Waals surface area contributed by atoms with E-state index in [4.69, 9.17) is 4.74 Å². The second kappa shape index (κ2) is 5.82. The van der Waals surface area contributed by atoms with Crippen LogP contribution in [0.15, 0.2) is 18.2 Å². The quantitative estimate of drug-likeness (QED) is 0.855. The van der Waals surface area contributed by atoms with E-state index in [0.29, 0.717) is 11.8 Å². The van der Waals surface area contributed by atoms with Gasteiger partial charge in [0.15, 0.2) is 0 Å². The van der Waals surface area contributed by atoms with E-state index in [9.17, 15) is 14.0 Å². The van der Waals surface area contributed by atoms with E-state index >= 15 is 0 Å². The van der Waals surface area contributed by atoms with Gasteiger partial charge in [0.2, 0.25) is 0 Å². The standard InChI is InChI=1S/C14H18FNO3/c1-9(16-13(18)19-14(2,3)4)11-7-10(8-17)5-6-12(11)15/h5-9H,1-4H3,(H,16,18). The minimum absolute atomic E-state index is 0.246.